The molecule has 0 amide bonds. The van der Waals surface area contributed by atoms with Crippen LogP contribution < -0.4 is 5.32 Å². The fraction of sp³-hybridized carbons (Fsp3) is 0.500. The van der Waals surface area contributed by atoms with E-state index in [4.69, 9.17) is 0 Å². The van der Waals surface area contributed by atoms with Crippen LogP contribution in [0.4, 0.5) is 0 Å². The number of nitrogens with one attached hydrogen (secondary N) is 1. The van der Waals surface area contributed by atoms with Gasteiger partial charge in [-0.15, -0.1) is 0 Å². The molecule has 0 aliphatic rings. The highest BCUT2D eigenvalue weighted by molar-refractivity contribution is 9.10. The van der Waals surface area contributed by atoms with E-state index in [1.165, 1.54) is 15.6 Å². The largest absolute Gasteiger partial charge is 0.319 e. The first-order valence-electron chi connectivity index (χ1n) is 5.08. The van der Waals surface area contributed by atoms with Crippen molar-refractivity contribution in [2.75, 3.05) is 13.6 Å². The zero-order valence-corrected chi connectivity index (χ0v) is 10.7. The van der Waals surface area contributed by atoms with Crippen LogP contribution in [0.1, 0.15) is 30.9 Å². The molecule has 1 aromatic carbocycles. The summed E-state index contributed by atoms with van der Waals surface area (Å²) in [6, 6.07) is 6.67. The van der Waals surface area contributed by atoms with Crippen molar-refractivity contribution in [2.45, 2.75) is 26.2 Å². The molecule has 0 saturated carbocycles. The Morgan fingerprint density at radius 1 is 1.36 bits per heavy atom. The van der Waals surface area contributed by atoms with E-state index in [-0.39, 0.29) is 0 Å². The summed E-state index contributed by atoms with van der Waals surface area (Å²) in [6.07, 6.45) is 1.09. The Balaban J connectivity index is 2.78. The summed E-state index contributed by atoms with van der Waals surface area (Å²) >= 11 is 3.62. The molecule has 0 fully saturated rings. The summed E-state index contributed by atoms with van der Waals surface area (Å²) in [5.74, 6) is 0.586. The summed E-state index contributed by atoms with van der Waals surface area (Å²) in [7, 11) is 1.98. The molecular weight excluding hydrogens is 238 g/mol. The Labute approximate surface area is 95.0 Å². The standard InChI is InChI=1S/C12H18BrN/c1-9(2)11-5-4-10(6-7-14-3)8-12(11)13/h4-5,8-9,14H,6-7H2,1-3H3. The number of hydrogen-bond acceptors (Lipinski definition) is 1. The maximum absolute atomic E-state index is 3.62. The average molecular weight is 256 g/mol. The lowest BCUT2D eigenvalue weighted by molar-refractivity contribution is 0.789. The summed E-state index contributed by atoms with van der Waals surface area (Å²) in [5, 5.41) is 3.16. The Hall–Kier alpha value is -0.340. The van der Waals surface area contributed by atoms with Crippen molar-refractivity contribution in [3.8, 4) is 0 Å². The zero-order chi connectivity index (χ0) is 10.6. The first kappa shape index (κ1) is 11.7. The van der Waals surface area contributed by atoms with Gasteiger partial charge in [-0.25, -0.2) is 0 Å². The Kier molecular flexibility index (Phi) is 4.63. The Bertz CT molecular complexity index is 294. The molecular formula is C12H18BrN. The molecule has 0 unspecified atom stereocenters. The van der Waals surface area contributed by atoms with Gasteiger partial charge in [0.2, 0.25) is 0 Å². The number of hydrogen-bond donors (Lipinski definition) is 1. The van der Waals surface area contributed by atoms with Crippen molar-refractivity contribution in [2.24, 2.45) is 0 Å². The van der Waals surface area contributed by atoms with Crippen molar-refractivity contribution in [3.05, 3.63) is 33.8 Å². The highest BCUT2D eigenvalue weighted by atomic mass is 79.9. The van der Waals surface area contributed by atoms with Crippen molar-refractivity contribution in [3.63, 3.8) is 0 Å². The fourth-order valence-corrected chi connectivity index (χ4v) is 2.35. The molecule has 0 saturated heterocycles. The normalized spacial score (nSPS) is 10.9. The minimum atomic E-state index is 0.586. The summed E-state index contributed by atoms with van der Waals surface area (Å²) < 4.78 is 1.24. The average Bonchev–Trinajstić information content (AvgIpc) is 2.14. The lowest BCUT2D eigenvalue weighted by atomic mass is 10.0. The fourth-order valence-electron chi connectivity index (χ4n) is 1.46. The second kappa shape index (κ2) is 5.52. The van der Waals surface area contributed by atoms with Gasteiger partial charge in [-0.05, 0) is 43.1 Å². The SMILES string of the molecule is CNCCc1ccc(C(C)C)c(Br)c1. The van der Waals surface area contributed by atoms with Crippen LogP contribution >= 0.6 is 15.9 Å². The van der Waals surface area contributed by atoms with E-state index in [9.17, 15) is 0 Å². The quantitative estimate of drug-likeness (QED) is 0.871. The first-order chi connectivity index (χ1) is 6.65. The lowest BCUT2D eigenvalue weighted by Crippen LogP contribution is -2.10. The molecule has 1 nitrogen and oxygen atoms in total. The van der Waals surface area contributed by atoms with E-state index in [0.717, 1.165) is 13.0 Å². The molecule has 14 heavy (non-hydrogen) atoms. The van der Waals surface area contributed by atoms with Gasteiger partial charge in [-0.3, -0.25) is 0 Å². The zero-order valence-electron chi connectivity index (χ0n) is 9.10. The summed E-state index contributed by atoms with van der Waals surface area (Å²) in [4.78, 5) is 0. The second-order valence-electron chi connectivity index (χ2n) is 3.86. The summed E-state index contributed by atoms with van der Waals surface area (Å²) in [5.41, 5.74) is 2.77. The van der Waals surface area contributed by atoms with Crippen molar-refractivity contribution in [1.29, 1.82) is 0 Å². The highest BCUT2D eigenvalue weighted by Gasteiger charge is 2.04. The molecule has 0 aliphatic heterocycles. The van der Waals surface area contributed by atoms with Gasteiger partial charge in [0.25, 0.3) is 0 Å². The molecule has 0 atom stereocenters. The van der Waals surface area contributed by atoms with E-state index in [2.05, 4.69) is 53.3 Å². The van der Waals surface area contributed by atoms with Crippen LogP contribution in [0.2, 0.25) is 0 Å². The minimum absolute atomic E-state index is 0.586. The third-order valence-corrected chi connectivity index (χ3v) is 3.04. The van der Waals surface area contributed by atoms with Crippen LogP contribution in [0.3, 0.4) is 0 Å². The van der Waals surface area contributed by atoms with E-state index >= 15 is 0 Å². The van der Waals surface area contributed by atoms with Gasteiger partial charge < -0.3 is 5.32 Å². The molecule has 0 aromatic heterocycles. The van der Waals surface area contributed by atoms with E-state index in [1.807, 2.05) is 7.05 Å². The van der Waals surface area contributed by atoms with Gasteiger partial charge in [-0.1, -0.05) is 41.9 Å². The minimum Gasteiger partial charge on any atom is -0.319 e. The molecule has 0 bridgehead atoms. The molecule has 0 heterocycles. The third kappa shape index (κ3) is 3.10. The predicted molar refractivity (Wildman–Crippen MR) is 65.9 cm³/mol. The first-order valence-corrected chi connectivity index (χ1v) is 5.87. The number of likely N-dealkylation sites (N-methyl/N-ethyl adjacent to an activating group) is 1. The van der Waals surface area contributed by atoms with Crippen molar-refractivity contribution < 1.29 is 0 Å². The Morgan fingerprint density at radius 2 is 2.07 bits per heavy atom. The molecule has 1 N–H and O–H groups in total. The lowest BCUT2D eigenvalue weighted by Gasteiger charge is -2.10. The van der Waals surface area contributed by atoms with E-state index in [1.54, 1.807) is 0 Å². The van der Waals surface area contributed by atoms with Crippen LogP contribution in [0.25, 0.3) is 0 Å². The second-order valence-corrected chi connectivity index (χ2v) is 4.72. The van der Waals surface area contributed by atoms with E-state index < -0.39 is 0 Å². The Morgan fingerprint density at radius 3 is 2.57 bits per heavy atom. The van der Waals surface area contributed by atoms with Crippen LogP contribution in [0, 0.1) is 0 Å². The van der Waals surface area contributed by atoms with Gasteiger partial charge >= 0.3 is 0 Å². The molecule has 78 valence electrons. The third-order valence-electron chi connectivity index (χ3n) is 2.35. The maximum atomic E-state index is 3.62. The van der Waals surface area contributed by atoms with Crippen molar-refractivity contribution >= 4 is 15.9 Å². The van der Waals surface area contributed by atoms with Gasteiger partial charge in [0.05, 0.1) is 0 Å². The van der Waals surface area contributed by atoms with Crippen LogP contribution in [0.15, 0.2) is 22.7 Å². The summed E-state index contributed by atoms with van der Waals surface area (Å²) in [6.45, 7) is 5.47. The van der Waals surface area contributed by atoms with Gasteiger partial charge in [0.1, 0.15) is 0 Å². The van der Waals surface area contributed by atoms with Gasteiger partial charge in [-0.2, -0.15) is 0 Å². The molecule has 1 aromatic rings. The maximum Gasteiger partial charge on any atom is 0.0212 e. The van der Waals surface area contributed by atoms with Crippen LogP contribution in [-0.4, -0.2) is 13.6 Å². The molecule has 1 rings (SSSR count). The smallest absolute Gasteiger partial charge is 0.0212 e. The van der Waals surface area contributed by atoms with Crippen molar-refractivity contribution in [1.82, 2.24) is 5.32 Å². The topological polar surface area (TPSA) is 12.0 Å². The number of benzene rings is 1. The molecule has 0 spiro atoms. The van der Waals surface area contributed by atoms with Gasteiger partial charge in [0, 0.05) is 4.47 Å². The monoisotopic (exact) mass is 255 g/mol. The number of rotatable bonds is 4. The molecule has 0 aliphatic carbocycles. The highest BCUT2D eigenvalue weighted by Crippen LogP contribution is 2.25. The number of halogens is 1. The molecule has 2 heteroatoms. The van der Waals surface area contributed by atoms with Crippen LogP contribution in [-0.2, 0) is 6.42 Å². The predicted octanol–water partition coefficient (Wildman–Crippen LogP) is 3.33. The van der Waals surface area contributed by atoms with Gasteiger partial charge in [0.15, 0.2) is 0 Å². The van der Waals surface area contributed by atoms with E-state index in [0.29, 0.717) is 5.92 Å². The van der Waals surface area contributed by atoms with Crippen LogP contribution in [0.5, 0.6) is 0 Å². The molecule has 0 radical (unpaired) electrons.